The molecule has 1 amide bonds. The second kappa shape index (κ2) is 5.86. The molecule has 3 N–H and O–H groups in total. The summed E-state index contributed by atoms with van der Waals surface area (Å²) >= 11 is 0. The number of methoxy groups -OCH3 is 1. The van der Waals surface area contributed by atoms with Gasteiger partial charge in [0, 0.05) is 5.69 Å². The van der Waals surface area contributed by atoms with Gasteiger partial charge in [-0.1, -0.05) is 12.1 Å². The first-order valence-corrected chi connectivity index (χ1v) is 5.38. The van der Waals surface area contributed by atoms with Crippen molar-refractivity contribution in [2.24, 2.45) is 5.73 Å². The molecule has 1 aromatic rings. The van der Waals surface area contributed by atoms with Crippen LogP contribution in [0.3, 0.4) is 0 Å². The van der Waals surface area contributed by atoms with E-state index in [0.29, 0.717) is 0 Å². The summed E-state index contributed by atoms with van der Waals surface area (Å²) in [5.74, 6) is -1.36. The molecule has 1 rings (SSSR count). The molecule has 5 heteroatoms. The molecule has 0 aliphatic heterocycles. The number of aryl methyl sites for hydroxylation is 1. The van der Waals surface area contributed by atoms with Crippen LogP contribution in [0.15, 0.2) is 30.0 Å². The number of amides is 1. The van der Waals surface area contributed by atoms with Gasteiger partial charge in [0.1, 0.15) is 5.70 Å². The predicted octanol–water partition coefficient (Wildman–Crippen LogP) is 1.26. The highest BCUT2D eigenvalue weighted by molar-refractivity contribution is 6.01. The number of benzene rings is 1. The molecule has 0 atom stereocenters. The Morgan fingerprint density at radius 2 is 2.00 bits per heavy atom. The number of carbonyl (C=O) groups excluding carboxylic acids is 2. The summed E-state index contributed by atoms with van der Waals surface area (Å²) in [4.78, 5) is 22.4. The van der Waals surface area contributed by atoms with Crippen LogP contribution in [0.25, 0.3) is 0 Å². The smallest absolute Gasteiger partial charge is 0.332 e. The van der Waals surface area contributed by atoms with Crippen molar-refractivity contribution in [2.75, 3.05) is 12.4 Å². The highest BCUT2D eigenvalue weighted by atomic mass is 16.5. The normalized spacial score (nSPS) is 10.9. The summed E-state index contributed by atoms with van der Waals surface area (Å²) in [7, 11) is 1.23. The van der Waals surface area contributed by atoms with E-state index in [2.05, 4.69) is 10.1 Å². The molecule has 0 spiro atoms. The van der Waals surface area contributed by atoms with Crippen molar-refractivity contribution in [3.8, 4) is 0 Å². The molecule has 96 valence electrons. The summed E-state index contributed by atoms with van der Waals surface area (Å²) in [6.45, 7) is 3.86. The number of hydrogen-bond donors (Lipinski definition) is 2. The second-order valence-corrected chi connectivity index (χ2v) is 3.82. The van der Waals surface area contributed by atoms with Crippen LogP contribution in [0.5, 0.6) is 0 Å². The van der Waals surface area contributed by atoms with E-state index in [0.717, 1.165) is 22.9 Å². The Balaban J connectivity index is 3.05. The van der Waals surface area contributed by atoms with Crippen molar-refractivity contribution in [3.63, 3.8) is 0 Å². The van der Waals surface area contributed by atoms with Crippen molar-refractivity contribution in [3.05, 3.63) is 41.1 Å². The van der Waals surface area contributed by atoms with Crippen LogP contribution in [0, 0.1) is 13.8 Å². The predicted molar refractivity (Wildman–Crippen MR) is 68.8 cm³/mol. The zero-order valence-electron chi connectivity index (χ0n) is 10.6. The SMILES string of the molecule is COC(=O)/C=C(\Nc1cccc(C)c1C)C(N)=O. The average Bonchev–Trinajstić information content (AvgIpc) is 2.33. The summed E-state index contributed by atoms with van der Waals surface area (Å²) < 4.78 is 4.46. The van der Waals surface area contributed by atoms with Crippen LogP contribution in [0.2, 0.25) is 0 Å². The fourth-order valence-corrected chi connectivity index (χ4v) is 1.38. The number of esters is 1. The molecule has 0 heterocycles. The third kappa shape index (κ3) is 3.35. The van der Waals surface area contributed by atoms with Gasteiger partial charge in [0.15, 0.2) is 0 Å². The van der Waals surface area contributed by atoms with Gasteiger partial charge in [-0.25, -0.2) is 4.79 Å². The van der Waals surface area contributed by atoms with Crippen LogP contribution in [-0.4, -0.2) is 19.0 Å². The quantitative estimate of drug-likeness (QED) is 0.620. The lowest BCUT2D eigenvalue weighted by atomic mass is 10.1. The summed E-state index contributed by atoms with van der Waals surface area (Å²) in [5, 5.41) is 2.84. The van der Waals surface area contributed by atoms with E-state index in [1.54, 1.807) is 6.07 Å². The second-order valence-electron chi connectivity index (χ2n) is 3.82. The van der Waals surface area contributed by atoms with Crippen LogP contribution < -0.4 is 11.1 Å². The minimum Gasteiger partial charge on any atom is -0.466 e. The van der Waals surface area contributed by atoms with E-state index < -0.39 is 11.9 Å². The molecule has 1 aromatic carbocycles. The van der Waals surface area contributed by atoms with Crippen LogP contribution in [0.1, 0.15) is 11.1 Å². The van der Waals surface area contributed by atoms with Gasteiger partial charge >= 0.3 is 5.97 Å². The van der Waals surface area contributed by atoms with Crippen molar-refractivity contribution in [2.45, 2.75) is 13.8 Å². The molecular weight excluding hydrogens is 232 g/mol. The van der Waals surface area contributed by atoms with E-state index in [1.807, 2.05) is 26.0 Å². The van der Waals surface area contributed by atoms with Crippen molar-refractivity contribution >= 4 is 17.6 Å². The molecule has 0 saturated heterocycles. The highest BCUT2D eigenvalue weighted by Crippen LogP contribution is 2.19. The average molecular weight is 248 g/mol. The Hall–Kier alpha value is -2.30. The lowest BCUT2D eigenvalue weighted by molar-refractivity contribution is -0.135. The molecule has 0 unspecified atom stereocenters. The molecule has 18 heavy (non-hydrogen) atoms. The Kier molecular flexibility index (Phi) is 4.48. The zero-order valence-corrected chi connectivity index (χ0v) is 10.6. The number of anilines is 1. The van der Waals surface area contributed by atoms with Gasteiger partial charge in [-0.05, 0) is 31.0 Å². The van der Waals surface area contributed by atoms with Gasteiger partial charge in [-0.2, -0.15) is 0 Å². The van der Waals surface area contributed by atoms with Gasteiger partial charge in [0.25, 0.3) is 5.91 Å². The lowest BCUT2D eigenvalue weighted by Crippen LogP contribution is -2.21. The van der Waals surface area contributed by atoms with E-state index in [1.165, 1.54) is 7.11 Å². The van der Waals surface area contributed by atoms with Crippen molar-refractivity contribution in [1.29, 1.82) is 0 Å². The number of hydrogen-bond acceptors (Lipinski definition) is 4. The molecule has 0 aliphatic carbocycles. The monoisotopic (exact) mass is 248 g/mol. The van der Waals surface area contributed by atoms with E-state index in [4.69, 9.17) is 5.73 Å². The number of ether oxygens (including phenoxy) is 1. The number of nitrogens with two attached hydrogens (primary N) is 1. The molecule has 5 nitrogen and oxygen atoms in total. The molecule has 0 fully saturated rings. The molecule has 0 saturated carbocycles. The summed E-state index contributed by atoms with van der Waals surface area (Å²) in [6, 6.07) is 5.60. The maximum Gasteiger partial charge on any atom is 0.332 e. The Morgan fingerprint density at radius 3 is 2.56 bits per heavy atom. The number of rotatable bonds is 4. The number of carbonyl (C=O) groups is 2. The largest absolute Gasteiger partial charge is 0.466 e. The highest BCUT2D eigenvalue weighted by Gasteiger charge is 2.10. The first-order valence-electron chi connectivity index (χ1n) is 5.38. The molecule has 0 aromatic heterocycles. The van der Waals surface area contributed by atoms with Crippen LogP contribution >= 0.6 is 0 Å². The van der Waals surface area contributed by atoms with Crippen molar-refractivity contribution in [1.82, 2.24) is 0 Å². The Labute approximate surface area is 106 Å². The lowest BCUT2D eigenvalue weighted by Gasteiger charge is -2.12. The van der Waals surface area contributed by atoms with Crippen LogP contribution in [-0.2, 0) is 14.3 Å². The van der Waals surface area contributed by atoms with Gasteiger partial charge < -0.3 is 15.8 Å². The minimum absolute atomic E-state index is 0.00412. The van der Waals surface area contributed by atoms with E-state index >= 15 is 0 Å². The third-order valence-electron chi connectivity index (χ3n) is 2.60. The molecular formula is C13H16N2O3. The van der Waals surface area contributed by atoms with Gasteiger partial charge in [-0.3, -0.25) is 4.79 Å². The third-order valence-corrected chi connectivity index (χ3v) is 2.60. The van der Waals surface area contributed by atoms with E-state index in [-0.39, 0.29) is 5.70 Å². The first kappa shape index (κ1) is 13.8. The topological polar surface area (TPSA) is 81.4 Å². The maximum absolute atomic E-state index is 11.2. The maximum atomic E-state index is 11.2. The zero-order chi connectivity index (χ0) is 13.7. The van der Waals surface area contributed by atoms with Gasteiger partial charge in [0.05, 0.1) is 13.2 Å². The number of primary amides is 1. The van der Waals surface area contributed by atoms with Crippen LogP contribution in [0.4, 0.5) is 5.69 Å². The summed E-state index contributed by atoms with van der Waals surface area (Å²) in [5.41, 5.74) is 7.97. The summed E-state index contributed by atoms with van der Waals surface area (Å²) in [6.07, 6.45) is 1.03. The Morgan fingerprint density at radius 1 is 1.33 bits per heavy atom. The molecule has 0 aliphatic rings. The van der Waals surface area contributed by atoms with Gasteiger partial charge in [0.2, 0.25) is 0 Å². The Bertz CT molecular complexity index is 507. The standard InChI is InChI=1S/C13H16N2O3/c1-8-5-4-6-10(9(8)2)15-11(13(14)17)7-12(16)18-3/h4-7,15H,1-3H3,(H2,14,17)/b11-7-. The molecule has 0 radical (unpaired) electrons. The molecule has 0 bridgehead atoms. The first-order chi connectivity index (χ1) is 8.45. The number of nitrogens with one attached hydrogen (secondary N) is 1. The van der Waals surface area contributed by atoms with Gasteiger partial charge in [-0.15, -0.1) is 0 Å². The minimum atomic E-state index is -0.721. The fourth-order valence-electron chi connectivity index (χ4n) is 1.38. The van der Waals surface area contributed by atoms with Crippen molar-refractivity contribution < 1.29 is 14.3 Å². The fraction of sp³-hybridized carbons (Fsp3) is 0.231. The van der Waals surface area contributed by atoms with E-state index in [9.17, 15) is 9.59 Å².